The molecule has 1 aromatic rings. The van der Waals surface area contributed by atoms with Gasteiger partial charge in [-0.1, -0.05) is 19.2 Å². The third kappa shape index (κ3) is 1.64. The van der Waals surface area contributed by atoms with Crippen molar-refractivity contribution in [3.8, 4) is 0 Å². The molecule has 0 fully saturated rings. The molecular weight excluding hydrogens is 138 g/mol. The number of nitrogens with two attached hydrogens (primary N) is 1. The second-order valence-electron chi connectivity index (χ2n) is 2.06. The SMILES string of the molecule is C=CC(=C)c1cnc(N)nc1. The van der Waals surface area contributed by atoms with Gasteiger partial charge in [-0.05, 0) is 5.57 Å². The van der Waals surface area contributed by atoms with Crippen molar-refractivity contribution < 1.29 is 0 Å². The molecule has 0 aliphatic rings. The van der Waals surface area contributed by atoms with Crippen LogP contribution >= 0.6 is 0 Å². The molecule has 1 rings (SSSR count). The van der Waals surface area contributed by atoms with E-state index in [0.717, 1.165) is 11.1 Å². The maximum absolute atomic E-state index is 5.29. The van der Waals surface area contributed by atoms with Crippen molar-refractivity contribution in [3.05, 3.63) is 37.2 Å². The lowest BCUT2D eigenvalue weighted by molar-refractivity contribution is 1.17. The summed E-state index contributed by atoms with van der Waals surface area (Å²) in [6, 6.07) is 0. The normalized spacial score (nSPS) is 9.09. The van der Waals surface area contributed by atoms with Gasteiger partial charge in [0.25, 0.3) is 0 Å². The third-order valence-electron chi connectivity index (χ3n) is 1.29. The summed E-state index contributed by atoms with van der Waals surface area (Å²) in [7, 11) is 0. The van der Waals surface area contributed by atoms with Crippen molar-refractivity contribution in [2.24, 2.45) is 0 Å². The molecule has 1 heterocycles. The molecule has 0 aromatic carbocycles. The van der Waals surface area contributed by atoms with Crippen molar-refractivity contribution in [2.45, 2.75) is 0 Å². The van der Waals surface area contributed by atoms with Crippen molar-refractivity contribution in [1.82, 2.24) is 9.97 Å². The maximum Gasteiger partial charge on any atom is 0.219 e. The summed E-state index contributed by atoms with van der Waals surface area (Å²) in [4.78, 5) is 7.61. The van der Waals surface area contributed by atoms with E-state index in [9.17, 15) is 0 Å². The summed E-state index contributed by atoms with van der Waals surface area (Å²) in [6.45, 7) is 7.31. The molecule has 2 N–H and O–H groups in total. The van der Waals surface area contributed by atoms with E-state index in [1.165, 1.54) is 0 Å². The van der Waals surface area contributed by atoms with Crippen molar-refractivity contribution in [1.29, 1.82) is 0 Å². The summed E-state index contributed by atoms with van der Waals surface area (Å²) in [5, 5.41) is 0. The van der Waals surface area contributed by atoms with Crippen LogP contribution in [0.25, 0.3) is 5.57 Å². The number of anilines is 1. The molecule has 0 unspecified atom stereocenters. The smallest absolute Gasteiger partial charge is 0.219 e. The molecule has 0 aliphatic carbocycles. The highest BCUT2D eigenvalue weighted by molar-refractivity contribution is 5.70. The molecule has 0 amide bonds. The molecule has 1 aromatic heterocycles. The van der Waals surface area contributed by atoms with Gasteiger partial charge in [0.1, 0.15) is 0 Å². The van der Waals surface area contributed by atoms with E-state index in [4.69, 9.17) is 5.73 Å². The van der Waals surface area contributed by atoms with Gasteiger partial charge in [0.2, 0.25) is 5.95 Å². The Morgan fingerprint density at radius 1 is 1.45 bits per heavy atom. The van der Waals surface area contributed by atoms with Crippen LogP contribution in [0, 0.1) is 0 Å². The largest absolute Gasteiger partial charge is 0.368 e. The van der Waals surface area contributed by atoms with Crippen LogP contribution in [-0.4, -0.2) is 9.97 Å². The van der Waals surface area contributed by atoms with Gasteiger partial charge in [0, 0.05) is 18.0 Å². The lowest BCUT2D eigenvalue weighted by Gasteiger charge is -1.97. The van der Waals surface area contributed by atoms with Crippen LogP contribution < -0.4 is 5.73 Å². The third-order valence-corrected chi connectivity index (χ3v) is 1.29. The Morgan fingerprint density at radius 2 is 2.00 bits per heavy atom. The monoisotopic (exact) mass is 147 g/mol. The second kappa shape index (κ2) is 2.96. The Balaban J connectivity index is 2.98. The summed E-state index contributed by atoms with van der Waals surface area (Å²) < 4.78 is 0. The zero-order valence-corrected chi connectivity index (χ0v) is 6.12. The number of hydrogen-bond donors (Lipinski definition) is 1. The highest BCUT2D eigenvalue weighted by Gasteiger charge is 1.94. The maximum atomic E-state index is 5.29. The Bertz CT molecular complexity index is 274. The van der Waals surface area contributed by atoms with Crippen molar-refractivity contribution in [3.63, 3.8) is 0 Å². The van der Waals surface area contributed by atoms with Gasteiger partial charge in [-0.25, -0.2) is 9.97 Å². The van der Waals surface area contributed by atoms with Gasteiger partial charge in [0.15, 0.2) is 0 Å². The van der Waals surface area contributed by atoms with E-state index in [1.54, 1.807) is 18.5 Å². The summed E-state index contributed by atoms with van der Waals surface area (Å²) in [5.74, 6) is 0.269. The Kier molecular flexibility index (Phi) is 2.01. The summed E-state index contributed by atoms with van der Waals surface area (Å²) in [5.41, 5.74) is 6.93. The molecule has 0 radical (unpaired) electrons. The first kappa shape index (κ1) is 7.47. The number of nitrogens with zero attached hydrogens (tertiary/aromatic N) is 2. The van der Waals surface area contributed by atoms with E-state index in [-0.39, 0.29) is 5.95 Å². The average Bonchev–Trinajstić information content (AvgIpc) is 2.05. The quantitative estimate of drug-likeness (QED) is 0.640. The molecular formula is C8H9N3. The van der Waals surface area contributed by atoms with Crippen molar-refractivity contribution >= 4 is 11.5 Å². The first-order valence-electron chi connectivity index (χ1n) is 3.13. The highest BCUT2D eigenvalue weighted by Crippen LogP contribution is 2.09. The Hall–Kier alpha value is -1.64. The fraction of sp³-hybridized carbons (Fsp3) is 0. The van der Waals surface area contributed by atoms with Crippen LogP contribution in [0.4, 0.5) is 5.95 Å². The van der Waals surface area contributed by atoms with Crippen LogP contribution in [0.5, 0.6) is 0 Å². The van der Waals surface area contributed by atoms with Gasteiger partial charge in [0.05, 0.1) is 0 Å². The molecule has 3 nitrogen and oxygen atoms in total. The number of aromatic nitrogens is 2. The average molecular weight is 147 g/mol. The van der Waals surface area contributed by atoms with Crippen LogP contribution in [0.3, 0.4) is 0 Å². The standard InChI is InChI=1S/C8H9N3/c1-3-6(2)7-4-10-8(9)11-5-7/h3-5H,1-2H2,(H2,9,10,11). The predicted octanol–water partition coefficient (Wildman–Crippen LogP) is 1.26. The van der Waals surface area contributed by atoms with Crippen LogP contribution in [0.2, 0.25) is 0 Å². The number of allylic oxidation sites excluding steroid dienone is 2. The van der Waals surface area contributed by atoms with Crippen molar-refractivity contribution in [2.75, 3.05) is 5.73 Å². The van der Waals surface area contributed by atoms with Crippen LogP contribution in [0.15, 0.2) is 31.6 Å². The zero-order chi connectivity index (χ0) is 8.27. The zero-order valence-electron chi connectivity index (χ0n) is 6.12. The minimum absolute atomic E-state index is 0.269. The molecule has 0 spiro atoms. The first-order valence-corrected chi connectivity index (χ1v) is 3.13. The number of hydrogen-bond acceptors (Lipinski definition) is 3. The topological polar surface area (TPSA) is 51.8 Å². The second-order valence-corrected chi connectivity index (χ2v) is 2.06. The minimum atomic E-state index is 0.269. The fourth-order valence-corrected chi connectivity index (χ4v) is 0.622. The molecule has 0 saturated heterocycles. The molecule has 0 bridgehead atoms. The van der Waals surface area contributed by atoms with Gasteiger partial charge < -0.3 is 5.73 Å². The van der Waals surface area contributed by atoms with E-state index >= 15 is 0 Å². The molecule has 0 atom stereocenters. The van der Waals surface area contributed by atoms with E-state index in [1.807, 2.05) is 0 Å². The molecule has 56 valence electrons. The minimum Gasteiger partial charge on any atom is -0.368 e. The Morgan fingerprint density at radius 3 is 2.45 bits per heavy atom. The lowest BCUT2D eigenvalue weighted by atomic mass is 10.2. The fourth-order valence-electron chi connectivity index (χ4n) is 0.622. The van der Waals surface area contributed by atoms with E-state index in [2.05, 4.69) is 23.1 Å². The van der Waals surface area contributed by atoms with Gasteiger partial charge in [-0.15, -0.1) is 0 Å². The number of rotatable bonds is 2. The molecule has 0 saturated carbocycles. The Labute approximate surface area is 65.3 Å². The van der Waals surface area contributed by atoms with Gasteiger partial charge in [-0.2, -0.15) is 0 Å². The molecule has 0 aliphatic heterocycles. The predicted molar refractivity (Wildman–Crippen MR) is 45.7 cm³/mol. The van der Waals surface area contributed by atoms with Gasteiger partial charge in [-0.3, -0.25) is 0 Å². The van der Waals surface area contributed by atoms with Gasteiger partial charge >= 0.3 is 0 Å². The van der Waals surface area contributed by atoms with Crippen LogP contribution in [-0.2, 0) is 0 Å². The summed E-state index contributed by atoms with van der Waals surface area (Å²) >= 11 is 0. The summed E-state index contributed by atoms with van der Waals surface area (Å²) in [6.07, 6.45) is 4.88. The van der Waals surface area contributed by atoms with E-state index < -0.39 is 0 Å². The van der Waals surface area contributed by atoms with Crippen LogP contribution in [0.1, 0.15) is 5.56 Å². The highest BCUT2D eigenvalue weighted by atomic mass is 15.0. The molecule has 3 heteroatoms. The number of nitrogen functional groups attached to an aromatic ring is 1. The molecule has 11 heavy (non-hydrogen) atoms. The lowest BCUT2D eigenvalue weighted by Crippen LogP contribution is -1.94. The van der Waals surface area contributed by atoms with E-state index in [0.29, 0.717) is 0 Å². The first-order chi connectivity index (χ1) is 5.24.